The van der Waals surface area contributed by atoms with Crippen LogP contribution in [-0.2, 0) is 0 Å². The van der Waals surface area contributed by atoms with Crippen molar-refractivity contribution in [1.82, 2.24) is 0 Å². The first kappa shape index (κ1) is 7.89. The van der Waals surface area contributed by atoms with Gasteiger partial charge in [-0.15, -0.1) is 0 Å². The van der Waals surface area contributed by atoms with Crippen LogP contribution in [0.4, 0.5) is 0 Å². The molecule has 0 amide bonds. The molecule has 0 bridgehead atoms. The van der Waals surface area contributed by atoms with E-state index in [1.54, 1.807) is 12.2 Å². The minimum Gasteiger partial charge on any atom is -0.296 e. The maximum Gasteiger partial charge on any atom is 0.0632 e. The lowest BCUT2D eigenvalue weighted by Gasteiger charge is -1.90. The zero-order chi connectivity index (χ0) is 7.11. The lowest BCUT2D eigenvalue weighted by molar-refractivity contribution is 1.20. The molecule has 0 spiro atoms. The van der Waals surface area contributed by atoms with Crippen molar-refractivity contribution in [2.24, 2.45) is 4.99 Å². The van der Waals surface area contributed by atoms with E-state index in [1.807, 2.05) is 6.08 Å². The summed E-state index contributed by atoms with van der Waals surface area (Å²) in [5.74, 6) is 0. The van der Waals surface area contributed by atoms with E-state index in [0.29, 0.717) is 6.54 Å². The lowest BCUT2D eigenvalue weighted by atomic mass is 10.2. The van der Waals surface area contributed by atoms with Gasteiger partial charge in [0.2, 0.25) is 0 Å². The number of hydrogen-bond acceptors (Lipinski definition) is 1. The fraction of sp³-hybridized carbons (Fsp3) is 0.125. The predicted octanol–water partition coefficient (Wildman–Crippen LogP) is 1.99. The van der Waals surface area contributed by atoms with Gasteiger partial charge in [-0.2, -0.15) is 0 Å². The zero-order valence-corrected chi connectivity index (χ0v) is 5.51. The maximum absolute atomic E-state index is 3.69. The van der Waals surface area contributed by atoms with Crippen LogP contribution in [0.1, 0.15) is 0 Å². The molecule has 0 rings (SSSR count). The number of allylic oxidation sites excluding steroid dienone is 2. The quantitative estimate of drug-likeness (QED) is 0.398. The average Bonchev–Trinajstić information content (AvgIpc) is 1.88. The molecule has 0 saturated carbocycles. The van der Waals surface area contributed by atoms with Crippen LogP contribution < -0.4 is 0 Å². The summed E-state index contributed by atoms with van der Waals surface area (Å²) in [7, 11) is 0. The van der Waals surface area contributed by atoms with Crippen LogP contribution >= 0.6 is 0 Å². The van der Waals surface area contributed by atoms with Crippen LogP contribution in [0.25, 0.3) is 0 Å². The second kappa shape index (κ2) is 5.04. The molecule has 48 valence electrons. The number of nitrogens with zero attached hydrogens (tertiary/aromatic N) is 1. The average molecular weight is 121 g/mol. The van der Waals surface area contributed by atoms with E-state index >= 15 is 0 Å². The molecule has 0 atom stereocenters. The van der Waals surface area contributed by atoms with Crippen LogP contribution in [0.3, 0.4) is 0 Å². The first-order chi connectivity index (χ1) is 4.35. The molecule has 0 aromatic heterocycles. The van der Waals surface area contributed by atoms with E-state index in [1.165, 1.54) is 0 Å². The molecule has 0 aromatic rings. The lowest BCUT2D eigenvalue weighted by Crippen LogP contribution is -1.80. The summed E-state index contributed by atoms with van der Waals surface area (Å²) in [5.41, 5.74) is 1.04. The van der Waals surface area contributed by atoms with Gasteiger partial charge < -0.3 is 0 Å². The Bertz CT molecular complexity index is 143. The van der Waals surface area contributed by atoms with Crippen molar-refractivity contribution in [2.45, 2.75) is 0 Å². The van der Waals surface area contributed by atoms with Crippen LogP contribution in [0, 0.1) is 0 Å². The van der Waals surface area contributed by atoms with Gasteiger partial charge in [-0.1, -0.05) is 31.4 Å². The highest BCUT2D eigenvalue weighted by molar-refractivity contribution is 5.29. The highest BCUT2D eigenvalue weighted by Gasteiger charge is 1.82. The molecule has 9 heavy (non-hydrogen) atoms. The minimum absolute atomic E-state index is 0.621. The number of aliphatic imine (C=N–C) groups is 1. The van der Waals surface area contributed by atoms with Gasteiger partial charge in [0.1, 0.15) is 0 Å². The summed E-state index contributed by atoms with van der Waals surface area (Å²) in [4.78, 5) is 3.69. The van der Waals surface area contributed by atoms with E-state index in [-0.39, 0.29) is 0 Å². The van der Waals surface area contributed by atoms with E-state index in [0.717, 1.165) is 5.57 Å². The second-order valence-electron chi connectivity index (χ2n) is 1.56. The fourth-order valence-electron chi connectivity index (χ4n) is 0.466. The Balaban J connectivity index is 3.95. The highest BCUT2D eigenvalue weighted by Crippen LogP contribution is 1.94. The van der Waals surface area contributed by atoms with E-state index in [2.05, 4.69) is 24.9 Å². The van der Waals surface area contributed by atoms with Gasteiger partial charge in [0.15, 0.2) is 0 Å². The first-order valence-corrected chi connectivity index (χ1v) is 2.71. The molecule has 1 heteroatoms. The summed E-state index contributed by atoms with van der Waals surface area (Å²) in [6.45, 7) is 11.1. The molecule has 0 aliphatic rings. The van der Waals surface area contributed by atoms with Crippen molar-refractivity contribution in [2.75, 3.05) is 6.54 Å². The van der Waals surface area contributed by atoms with Crippen LogP contribution in [0.2, 0.25) is 0 Å². The largest absolute Gasteiger partial charge is 0.296 e. The summed E-state index contributed by atoms with van der Waals surface area (Å²) >= 11 is 0. The molecule has 0 saturated heterocycles. The number of hydrogen-bond donors (Lipinski definition) is 0. The Labute approximate surface area is 56.1 Å². The molecule has 0 radical (unpaired) electrons. The molecule has 0 fully saturated rings. The van der Waals surface area contributed by atoms with E-state index in [9.17, 15) is 0 Å². The molecule has 0 unspecified atom stereocenters. The third kappa shape index (κ3) is 3.47. The first-order valence-electron chi connectivity index (χ1n) is 2.71. The standard InChI is InChI=1S/C8H11N/c1-4-6-8(5-2)7-9-3/h4-6H,1-3,7H2/b8-6+. The third-order valence-electron chi connectivity index (χ3n) is 0.888. The van der Waals surface area contributed by atoms with E-state index in [4.69, 9.17) is 0 Å². The van der Waals surface area contributed by atoms with Crippen molar-refractivity contribution >= 4 is 6.72 Å². The van der Waals surface area contributed by atoms with Gasteiger partial charge in [0, 0.05) is 0 Å². The minimum atomic E-state index is 0.621. The molecule has 0 aromatic carbocycles. The Morgan fingerprint density at radius 3 is 2.44 bits per heavy atom. The van der Waals surface area contributed by atoms with Crippen molar-refractivity contribution < 1.29 is 0 Å². The predicted molar refractivity (Wildman–Crippen MR) is 42.9 cm³/mol. The zero-order valence-electron chi connectivity index (χ0n) is 5.51. The summed E-state index contributed by atoms with van der Waals surface area (Å²) in [6.07, 6.45) is 5.32. The monoisotopic (exact) mass is 121 g/mol. The summed E-state index contributed by atoms with van der Waals surface area (Å²) in [6, 6.07) is 0. The Kier molecular flexibility index (Phi) is 4.41. The van der Waals surface area contributed by atoms with Crippen LogP contribution in [0.15, 0.2) is 42.0 Å². The Hall–Kier alpha value is -1.11. The normalized spacial score (nSPS) is 10.4. The highest BCUT2D eigenvalue weighted by atomic mass is 14.7. The smallest absolute Gasteiger partial charge is 0.0632 e. The van der Waals surface area contributed by atoms with E-state index < -0.39 is 0 Å². The molecule has 0 heterocycles. The topological polar surface area (TPSA) is 12.4 Å². The van der Waals surface area contributed by atoms with Crippen molar-refractivity contribution in [1.29, 1.82) is 0 Å². The molecule has 0 aliphatic heterocycles. The van der Waals surface area contributed by atoms with Gasteiger partial charge in [0.05, 0.1) is 6.54 Å². The second-order valence-corrected chi connectivity index (χ2v) is 1.56. The van der Waals surface area contributed by atoms with Gasteiger partial charge >= 0.3 is 0 Å². The molecule has 0 aliphatic carbocycles. The number of rotatable bonds is 4. The summed E-state index contributed by atoms with van der Waals surface area (Å²) in [5, 5.41) is 0. The fourth-order valence-corrected chi connectivity index (χ4v) is 0.466. The SMILES string of the molecule is C=C/C=C(\C=C)CN=C. The third-order valence-corrected chi connectivity index (χ3v) is 0.888. The van der Waals surface area contributed by atoms with Gasteiger partial charge in [0.25, 0.3) is 0 Å². The van der Waals surface area contributed by atoms with Crippen molar-refractivity contribution in [3.05, 3.63) is 37.0 Å². The molecule has 1 nitrogen and oxygen atoms in total. The van der Waals surface area contributed by atoms with Gasteiger partial charge in [-0.25, -0.2) is 0 Å². The molecule has 0 N–H and O–H groups in total. The van der Waals surface area contributed by atoms with Gasteiger partial charge in [-0.3, -0.25) is 4.99 Å². The Morgan fingerprint density at radius 2 is 2.11 bits per heavy atom. The summed E-state index contributed by atoms with van der Waals surface area (Å²) < 4.78 is 0. The molecular weight excluding hydrogens is 110 g/mol. The van der Waals surface area contributed by atoms with Gasteiger partial charge in [-0.05, 0) is 12.3 Å². The Morgan fingerprint density at radius 1 is 1.44 bits per heavy atom. The molecular formula is C8H11N. The van der Waals surface area contributed by atoms with Crippen molar-refractivity contribution in [3.8, 4) is 0 Å². The van der Waals surface area contributed by atoms with Crippen molar-refractivity contribution in [3.63, 3.8) is 0 Å². The van der Waals surface area contributed by atoms with Crippen LogP contribution in [0.5, 0.6) is 0 Å². The van der Waals surface area contributed by atoms with Crippen LogP contribution in [-0.4, -0.2) is 13.3 Å². The maximum atomic E-state index is 3.69.